The van der Waals surface area contributed by atoms with Gasteiger partial charge in [-0.1, -0.05) is 18.2 Å². The van der Waals surface area contributed by atoms with Gasteiger partial charge >= 0.3 is 0 Å². The molecule has 21 heavy (non-hydrogen) atoms. The van der Waals surface area contributed by atoms with Crippen LogP contribution in [0.3, 0.4) is 0 Å². The van der Waals surface area contributed by atoms with Gasteiger partial charge in [-0.15, -0.1) is 0 Å². The van der Waals surface area contributed by atoms with E-state index in [1.807, 2.05) is 12.1 Å². The fraction of sp³-hybridized carbons (Fsp3) is 0.429. The minimum absolute atomic E-state index is 0.00419. The summed E-state index contributed by atoms with van der Waals surface area (Å²) in [6, 6.07) is 7.14. The Balaban J connectivity index is 1.63. The third-order valence-corrected chi connectivity index (χ3v) is 4.39. The molecule has 0 radical (unpaired) electrons. The monoisotopic (exact) mass is 309 g/mol. The lowest BCUT2D eigenvalue weighted by Gasteiger charge is -2.13. The summed E-state index contributed by atoms with van der Waals surface area (Å²) >= 11 is 0. The van der Waals surface area contributed by atoms with E-state index in [1.54, 1.807) is 12.1 Å². The lowest BCUT2D eigenvalue weighted by Crippen LogP contribution is -2.33. The Hall–Kier alpha value is -1.73. The molecule has 1 aromatic rings. The number of hydrogen-bond acceptors (Lipinski definition) is 5. The van der Waals surface area contributed by atoms with Gasteiger partial charge < -0.3 is 0 Å². The van der Waals surface area contributed by atoms with Crippen molar-refractivity contribution in [2.24, 2.45) is 11.8 Å². The molecule has 2 atom stereocenters. The van der Waals surface area contributed by atoms with Crippen LogP contribution in [0.5, 0.6) is 0 Å². The van der Waals surface area contributed by atoms with Gasteiger partial charge in [0.25, 0.3) is 16.0 Å². The molecule has 7 heteroatoms. The smallest absolute Gasteiger partial charge is 0.264 e. The summed E-state index contributed by atoms with van der Waals surface area (Å²) in [5.74, 6) is -0.947. The highest BCUT2D eigenvalue weighted by molar-refractivity contribution is 7.85. The number of carbonyl (C=O) groups excluding carboxylic acids is 2. The maximum Gasteiger partial charge on any atom is 0.264 e. The van der Waals surface area contributed by atoms with Crippen molar-refractivity contribution < 1.29 is 22.2 Å². The first kappa shape index (κ1) is 14.2. The standard InChI is InChI=1S/C14H15NO5S/c1-21(18,19)20-8-10-6-12(10)14(17)15-7-9-4-2-3-5-11(9)13(15)16/h2-5,10,12H,6-8H2,1H3. The fourth-order valence-corrected chi connectivity index (χ4v) is 3.00. The second-order valence-corrected chi connectivity index (χ2v) is 7.12. The lowest BCUT2D eigenvalue weighted by molar-refractivity contribution is -0.130. The summed E-state index contributed by atoms with van der Waals surface area (Å²) < 4.78 is 26.6. The molecular formula is C14H15NO5S. The Labute approximate surface area is 122 Å². The molecule has 2 unspecified atom stereocenters. The van der Waals surface area contributed by atoms with Crippen molar-refractivity contribution in [2.75, 3.05) is 12.9 Å². The molecule has 0 N–H and O–H groups in total. The van der Waals surface area contributed by atoms with Gasteiger partial charge in [0, 0.05) is 11.5 Å². The number of rotatable bonds is 4. The second-order valence-electron chi connectivity index (χ2n) is 5.48. The zero-order valence-electron chi connectivity index (χ0n) is 11.5. The van der Waals surface area contributed by atoms with Gasteiger partial charge in [-0.3, -0.25) is 18.7 Å². The van der Waals surface area contributed by atoms with E-state index in [4.69, 9.17) is 4.18 Å². The summed E-state index contributed by atoms with van der Waals surface area (Å²) in [6.07, 6.45) is 1.54. The van der Waals surface area contributed by atoms with Gasteiger partial charge in [-0.2, -0.15) is 8.42 Å². The van der Waals surface area contributed by atoms with E-state index in [0.717, 1.165) is 11.8 Å². The van der Waals surface area contributed by atoms with Crippen LogP contribution < -0.4 is 0 Å². The molecule has 2 aliphatic rings. The Morgan fingerprint density at radius 1 is 1.38 bits per heavy atom. The highest BCUT2D eigenvalue weighted by atomic mass is 32.2. The van der Waals surface area contributed by atoms with Crippen molar-refractivity contribution in [2.45, 2.75) is 13.0 Å². The van der Waals surface area contributed by atoms with E-state index in [1.165, 1.54) is 4.90 Å². The number of nitrogens with zero attached hydrogens (tertiary/aromatic N) is 1. The molecule has 1 aliphatic carbocycles. The molecule has 3 rings (SSSR count). The van der Waals surface area contributed by atoms with Crippen molar-refractivity contribution in [3.8, 4) is 0 Å². The first-order valence-electron chi connectivity index (χ1n) is 6.65. The van der Waals surface area contributed by atoms with E-state index in [0.29, 0.717) is 18.5 Å². The van der Waals surface area contributed by atoms with Crippen LogP contribution in [0.15, 0.2) is 24.3 Å². The molecule has 6 nitrogen and oxygen atoms in total. The molecule has 0 saturated heterocycles. The van der Waals surface area contributed by atoms with Gasteiger partial charge in [0.2, 0.25) is 5.91 Å². The first-order valence-corrected chi connectivity index (χ1v) is 8.46. The number of carbonyl (C=O) groups is 2. The van der Waals surface area contributed by atoms with Crippen LogP contribution in [0.2, 0.25) is 0 Å². The molecule has 1 fully saturated rings. The van der Waals surface area contributed by atoms with E-state index in [2.05, 4.69) is 0 Å². The van der Waals surface area contributed by atoms with Gasteiger partial charge in [-0.05, 0) is 24.0 Å². The third kappa shape index (κ3) is 2.84. The summed E-state index contributed by atoms with van der Waals surface area (Å²) in [5, 5.41) is 0. The number of hydrogen-bond donors (Lipinski definition) is 0. The second kappa shape index (κ2) is 4.92. The normalized spacial score (nSPS) is 24.0. The summed E-state index contributed by atoms with van der Waals surface area (Å²) in [4.78, 5) is 25.7. The molecule has 0 spiro atoms. The van der Waals surface area contributed by atoms with E-state index >= 15 is 0 Å². The summed E-state index contributed by atoms with van der Waals surface area (Å²) in [6.45, 7) is 0.300. The summed E-state index contributed by atoms with van der Waals surface area (Å²) in [5.41, 5.74) is 1.41. The Bertz CT molecular complexity index is 712. The Morgan fingerprint density at radius 2 is 2.10 bits per heavy atom. The van der Waals surface area contributed by atoms with Crippen LogP contribution in [0.4, 0.5) is 0 Å². The van der Waals surface area contributed by atoms with Crippen LogP contribution in [-0.2, 0) is 25.6 Å². The highest BCUT2D eigenvalue weighted by Gasteiger charge is 2.48. The minimum atomic E-state index is -3.49. The maximum absolute atomic E-state index is 12.3. The molecule has 112 valence electrons. The predicted octanol–water partition coefficient (Wildman–Crippen LogP) is 0.781. The molecule has 1 heterocycles. The zero-order chi connectivity index (χ0) is 15.2. The summed E-state index contributed by atoms with van der Waals surface area (Å²) in [7, 11) is -3.49. The molecule has 0 bridgehead atoms. The lowest BCUT2D eigenvalue weighted by atomic mass is 10.1. The number of amides is 2. The molecular weight excluding hydrogens is 294 g/mol. The molecule has 2 amide bonds. The number of benzene rings is 1. The van der Waals surface area contributed by atoms with Crippen LogP contribution >= 0.6 is 0 Å². The van der Waals surface area contributed by atoms with Crippen molar-refractivity contribution in [3.05, 3.63) is 35.4 Å². The van der Waals surface area contributed by atoms with Crippen LogP contribution in [0, 0.1) is 11.8 Å². The predicted molar refractivity (Wildman–Crippen MR) is 73.7 cm³/mol. The van der Waals surface area contributed by atoms with Gasteiger partial charge in [0.1, 0.15) is 0 Å². The minimum Gasteiger partial charge on any atom is -0.274 e. The van der Waals surface area contributed by atoms with Crippen molar-refractivity contribution in [1.82, 2.24) is 4.90 Å². The number of fused-ring (bicyclic) bond motifs is 1. The average molecular weight is 309 g/mol. The Kier molecular flexibility index (Phi) is 3.33. The van der Waals surface area contributed by atoms with Crippen molar-refractivity contribution in [3.63, 3.8) is 0 Å². The van der Waals surface area contributed by atoms with Crippen LogP contribution in [-0.4, -0.2) is 38.0 Å². The number of imide groups is 1. The largest absolute Gasteiger partial charge is 0.274 e. The third-order valence-electron chi connectivity index (χ3n) is 3.82. The van der Waals surface area contributed by atoms with E-state index < -0.39 is 10.1 Å². The molecule has 1 aromatic carbocycles. The fourth-order valence-electron chi connectivity index (χ4n) is 2.58. The van der Waals surface area contributed by atoms with Crippen molar-refractivity contribution >= 4 is 21.9 Å². The zero-order valence-corrected chi connectivity index (χ0v) is 12.3. The van der Waals surface area contributed by atoms with Crippen LogP contribution in [0.1, 0.15) is 22.3 Å². The van der Waals surface area contributed by atoms with Crippen molar-refractivity contribution in [1.29, 1.82) is 0 Å². The SMILES string of the molecule is CS(=O)(=O)OCC1CC1C(=O)N1Cc2ccccc2C1=O. The van der Waals surface area contributed by atoms with Gasteiger partial charge in [-0.25, -0.2) is 0 Å². The molecule has 1 aliphatic heterocycles. The average Bonchev–Trinajstić information content (AvgIpc) is 3.13. The topological polar surface area (TPSA) is 80.8 Å². The highest BCUT2D eigenvalue weighted by Crippen LogP contribution is 2.41. The van der Waals surface area contributed by atoms with Gasteiger partial charge in [0.15, 0.2) is 0 Å². The van der Waals surface area contributed by atoms with E-state index in [-0.39, 0.29) is 30.3 Å². The maximum atomic E-state index is 12.3. The molecule has 1 saturated carbocycles. The quantitative estimate of drug-likeness (QED) is 0.606. The Morgan fingerprint density at radius 3 is 2.76 bits per heavy atom. The van der Waals surface area contributed by atoms with Crippen LogP contribution in [0.25, 0.3) is 0 Å². The molecule has 0 aromatic heterocycles. The first-order chi connectivity index (χ1) is 9.87. The van der Waals surface area contributed by atoms with E-state index in [9.17, 15) is 18.0 Å². The van der Waals surface area contributed by atoms with Gasteiger partial charge in [0.05, 0.1) is 19.4 Å².